The molecule has 0 saturated heterocycles. The van der Waals surface area contributed by atoms with Crippen molar-refractivity contribution in [2.45, 2.75) is 39.7 Å². The molecule has 0 saturated carbocycles. The highest BCUT2D eigenvalue weighted by atomic mass is 15.2. The predicted molar refractivity (Wildman–Crippen MR) is 79.5 cm³/mol. The fourth-order valence-corrected chi connectivity index (χ4v) is 2.34. The van der Waals surface area contributed by atoms with Crippen LogP contribution in [-0.2, 0) is 13.5 Å². The van der Waals surface area contributed by atoms with Crippen molar-refractivity contribution in [2.75, 3.05) is 6.54 Å². The van der Waals surface area contributed by atoms with E-state index in [0.717, 1.165) is 30.8 Å². The molecule has 108 valence electrons. The highest BCUT2D eigenvalue weighted by molar-refractivity contribution is 5.32. The Morgan fingerprint density at radius 2 is 2.10 bits per heavy atom. The highest BCUT2D eigenvalue weighted by Crippen LogP contribution is 2.24. The van der Waals surface area contributed by atoms with Crippen LogP contribution in [-0.4, -0.2) is 26.5 Å². The molecule has 1 N–H and O–H groups in total. The predicted octanol–water partition coefficient (Wildman–Crippen LogP) is 2.17. The first-order valence-electron chi connectivity index (χ1n) is 7.20. The topological polar surface area (TPSA) is 55.6 Å². The fourth-order valence-electron chi connectivity index (χ4n) is 2.34. The van der Waals surface area contributed by atoms with Gasteiger partial charge in [0, 0.05) is 18.8 Å². The van der Waals surface area contributed by atoms with Gasteiger partial charge in [0.15, 0.2) is 0 Å². The van der Waals surface area contributed by atoms with Crippen LogP contribution in [0.4, 0.5) is 0 Å². The van der Waals surface area contributed by atoms with Gasteiger partial charge >= 0.3 is 0 Å². The standard InChI is InChI=1S/C15H23N5/c1-5-7-16-15(12-9-17-20(4)10-12)13-8-11(3)18-19-14(13)6-2/h8-10,15-16H,5-7H2,1-4H3. The molecule has 0 spiro atoms. The van der Waals surface area contributed by atoms with Gasteiger partial charge in [0.1, 0.15) is 0 Å². The SMILES string of the molecule is CCCNC(c1cnn(C)c1)c1cc(C)nnc1CC. The summed E-state index contributed by atoms with van der Waals surface area (Å²) >= 11 is 0. The Morgan fingerprint density at radius 1 is 1.30 bits per heavy atom. The Labute approximate surface area is 120 Å². The Bertz CT molecular complexity index is 561. The summed E-state index contributed by atoms with van der Waals surface area (Å²) in [4.78, 5) is 0. The van der Waals surface area contributed by atoms with Crippen molar-refractivity contribution in [1.82, 2.24) is 25.3 Å². The molecule has 20 heavy (non-hydrogen) atoms. The Hall–Kier alpha value is -1.75. The van der Waals surface area contributed by atoms with Crippen molar-refractivity contribution in [3.63, 3.8) is 0 Å². The van der Waals surface area contributed by atoms with Crippen molar-refractivity contribution < 1.29 is 0 Å². The number of aryl methyl sites for hydroxylation is 3. The lowest BCUT2D eigenvalue weighted by molar-refractivity contribution is 0.588. The molecule has 0 aliphatic rings. The molecule has 0 fully saturated rings. The second kappa shape index (κ2) is 6.61. The minimum absolute atomic E-state index is 0.132. The molecule has 0 bridgehead atoms. The molecule has 2 heterocycles. The Kier molecular flexibility index (Phi) is 4.84. The molecule has 0 amide bonds. The largest absolute Gasteiger partial charge is 0.306 e. The fraction of sp³-hybridized carbons (Fsp3) is 0.533. The number of hydrogen-bond acceptors (Lipinski definition) is 4. The smallest absolute Gasteiger partial charge is 0.0679 e. The Morgan fingerprint density at radius 3 is 2.70 bits per heavy atom. The zero-order valence-corrected chi connectivity index (χ0v) is 12.7. The van der Waals surface area contributed by atoms with Gasteiger partial charge in [-0.3, -0.25) is 4.68 Å². The van der Waals surface area contributed by atoms with Gasteiger partial charge in [-0.15, -0.1) is 0 Å². The van der Waals surface area contributed by atoms with E-state index in [1.54, 1.807) is 0 Å². The van der Waals surface area contributed by atoms with Gasteiger partial charge in [0.25, 0.3) is 0 Å². The lowest BCUT2D eigenvalue weighted by atomic mass is 9.98. The maximum atomic E-state index is 4.34. The van der Waals surface area contributed by atoms with Crippen molar-refractivity contribution >= 4 is 0 Å². The minimum Gasteiger partial charge on any atom is -0.306 e. The van der Waals surface area contributed by atoms with E-state index in [1.165, 1.54) is 11.1 Å². The summed E-state index contributed by atoms with van der Waals surface area (Å²) in [6.45, 7) is 7.23. The second-order valence-electron chi connectivity index (χ2n) is 5.08. The first-order valence-corrected chi connectivity index (χ1v) is 7.20. The van der Waals surface area contributed by atoms with Crippen LogP contribution >= 0.6 is 0 Å². The van der Waals surface area contributed by atoms with E-state index in [2.05, 4.69) is 46.7 Å². The summed E-state index contributed by atoms with van der Waals surface area (Å²) in [6, 6.07) is 2.26. The molecule has 5 nitrogen and oxygen atoms in total. The van der Waals surface area contributed by atoms with Crippen LogP contribution in [0.15, 0.2) is 18.5 Å². The summed E-state index contributed by atoms with van der Waals surface area (Å²) in [7, 11) is 1.94. The van der Waals surface area contributed by atoms with Crippen molar-refractivity contribution in [3.05, 3.63) is 41.0 Å². The van der Waals surface area contributed by atoms with Crippen LogP contribution in [0.1, 0.15) is 48.8 Å². The van der Waals surface area contributed by atoms with Crippen LogP contribution in [0.25, 0.3) is 0 Å². The average Bonchev–Trinajstić information content (AvgIpc) is 2.86. The molecular weight excluding hydrogens is 250 g/mol. The summed E-state index contributed by atoms with van der Waals surface area (Å²) in [5.74, 6) is 0. The normalized spacial score (nSPS) is 12.6. The van der Waals surface area contributed by atoms with Crippen LogP contribution in [0, 0.1) is 6.92 Å². The summed E-state index contributed by atoms with van der Waals surface area (Å²) in [6.07, 6.45) is 5.95. The third-order valence-corrected chi connectivity index (χ3v) is 3.33. The lowest BCUT2D eigenvalue weighted by Gasteiger charge is -2.20. The summed E-state index contributed by atoms with van der Waals surface area (Å²) < 4.78 is 1.84. The van der Waals surface area contributed by atoms with Gasteiger partial charge in [0.05, 0.1) is 23.6 Å². The zero-order chi connectivity index (χ0) is 14.5. The monoisotopic (exact) mass is 273 g/mol. The molecule has 2 aromatic heterocycles. The zero-order valence-electron chi connectivity index (χ0n) is 12.7. The number of rotatable bonds is 6. The van der Waals surface area contributed by atoms with Crippen LogP contribution in [0.5, 0.6) is 0 Å². The van der Waals surface area contributed by atoms with E-state index in [0.29, 0.717) is 0 Å². The first-order chi connectivity index (χ1) is 9.65. The average molecular weight is 273 g/mol. The number of nitrogens with zero attached hydrogens (tertiary/aromatic N) is 4. The maximum absolute atomic E-state index is 4.34. The molecule has 0 aliphatic heterocycles. The molecule has 1 unspecified atom stereocenters. The van der Waals surface area contributed by atoms with Crippen molar-refractivity contribution in [2.24, 2.45) is 7.05 Å². The third kappa shape index (κ3) is 3.22. The maximum Gasteiger partial charge on any atom is 0.0679 e. The molecule has 1 atom stereocenters. The van der Waals surface area contributed by atoms with Gasteiger partial charge in [-0.25, -0.2) is 0 Å². The highest BCUT2D eigenvalue weighted by Gasteiger charge is 2.19. The summed E-state index contributed by atoms with van der Waals surface area (Å²) in [5, 5.41) is 16.4. The number of nitrogens with one attached hydrogen (secondary N) is 1. The van der Waals surface area contributed by atoms with E-state index in [-0.39, 0.29) is 6.04 Å². The number of aromatic nitrogens is 4. The van der Waals surface area contributed by atoms with Gasteiger partial charge in [-0.1, -0.05) is 13.8 Å². The van der Waals surface area contributed by atoms with Crippen molar-refractivity contribution in [1.29, 1.82) is 0 Å². The molecule has 0 radical (unpaired) electrons. The van der Waals surface area contributed by atoms with Crippen LogP contribution < -0.4 is 5.32 Å². The summed E-state index contributed by atoms with van der Waals surface area (Å²) in [5.41, 5.74) is 4.38. The first kappa shape index (κ1) is 14.7. The van der Waals surface area contributed by atoms with E-state index in [4.69, 9.17) is 0 Å². The Balaban J connectivity index is 2.42. The van der Waals surface area contributed by atoms with E-state index < -0.39 is 0 Å². The molecule has 2 rings (SSSR count). The minimum atomic E-state index is 0.132. The van der Waals surface area contributed by atoms with Gasteiger partial charge in [0.2, 0.25) is 0 Å². The molecule has 2 aromatic rings. The lowest BCUT2D eigenvalue weighted by Crippen LogP contribution is -2.24. The molecular formula is C15H23N5. The molecule has 5 heteroatoms. The molecule has 0 aromatic carbocycles. The van der Waals surface area contributed by atoms with Gasteiger partial charge < -0.3 is 5.32 Å². The second-order valence-corrected chi connectivity index (χ2v) is 5.08. The quantitative estimate of drug-likeness (QED) is 0.876. The molecule has 0 aliphatic carbocycles. The van der Waals surface area contributed by atoms with Gasteiger partial charge in [-0.2, -0.15) is 15.3 Å². The van der Waals surface area contributed by atoms with E-state index in [9.17, 15) is 0 Å². The van der Waals surface area contributed by atoms with Crippen LogP contribution in [0.2, 0.25) is 0 Å². The van der Waals surface area contributed by atoms with E-state index in [1.807, 2.05) is 24.9 Å². The number of hydrogen-bond donors (Lipinski definition) is 1. The van der Waals surface area contributed by atoms with Crippen LogP contribution in [0.3, 0.4) is 0 Å². The van der Waals surface area contributed by atoms with E-state index >= 15 is 0 Å². The third-order valence-electron chi connectivity index (χ3n) is 3.33. The van der Waals surface area contributed by atoms with Gasteiger partial charge in [-0.05, 0) is 37.9 Å². The van der Waals surface area contributed by atoms with Crippen molar-refractivity contribution in [3.8, 4) is 0 Å².